The van der Waals surface area contributed by atoms with Crippen LogP contribution in [0.2, 0.25) is 0 Å². The van der Waals surface area contributed by atoms with E-state index in [2.05, 4.69) is 4.98 Å². The molecule has 14 heavy (non-hydrogen) atoms. The number of hydrogen-bond acceptors (Lipinski definition) is 3. The van der Waals surface area contributed by atoms with Gasteiger partial charge in [-0.15, -0.1) is 0 Å². The van der Waals surface area contributed by atoms with Crippen LogP contribution in [0.1, 0.15) is 32.4 Å². The van der Waals surface area contributed by atoms with Crippen molar-refractivity contribution in [3.63, 3.8) is 0 Å². The van der Waals surface area contributed by atoms with Crippen molar-refractivity contribution in [2.24, 2.45) is 0 Å². The summed E-state index contributed by atoms with van der Waals surface area (Å²) in [5, 5.41) is 0. The van der Waals surface area contributed by atoms with Crippen LogP contribution in [0.3, 0.4) is 0 Å². The van der Waals surface area contributed by atoms with E-state index in [0.29, 0.717) is 0 Å². The Hall–Kier alpha value is -1.58. The Bertz CT molecular complexity index is 404. The molecule has 0 aliphatic heterocycles. The van der Waals surface area contributed by atoms with Crippen molar-refractivity contribution in [2.75, 3.05) is 5.73 Å². The molecule has 0 spiro atoms. The molecular formula is C10H15N3O. The first-order valence-corrected chi connectivity index (χ1v) is 4.57. The average molecular weight is 193 g/mol. The van der Waals surface area contributed by atoms with Crippen molar-refractivity contribution < 1.29 is 0 Å². The molecule has 4 nitrogen and oxygen atoms in total. The van der Waals surface area contributed by atoms with Crippen LogP contribution in [0.15, 0.2) is 17.1 Å². The summed E-state index contributed by atoms with van der Waals surface area (Å²) in [5.74, 6) is 0.282. The highest BCUT2D eigenvalue weighted by Crippen LogP contribution is 2.09. The van der Waals surface area contributed by atoms with Gasteiger partial charge in [0.05, 0.1) is 0 Å². The number of rotatable bonds is 2. The number of allylic oxidation sites excluding steroid dienone is 1. The summed E-state index contributed by atoms with van der Waals surface area (Å²) >= 11 is 0. The quantitative estimate of drug-likeness (QED) is 0.773. The van der Waals surface area contributed by atoms with Crippen LogP contribution in [-0.4, -0.2) is 9.55 Å². The molecule has 0 bridgehead atoms. The van der Waals surface area contributed by atoms with E-state index in [0.717, 1.165) is 5.56 Å². The van der Waals surface area contributed by atoms with Crippen LogP contribution in [0.5, 0.6) is 0 Å². The minimum absolute atomic E-state index is 0.0969. The standard InChI is InChI=1S/C10H15N3O/c1-4-5-8-6-13(7(2)3)10(14)12-9(8)11/h4-7H,1-3H3,(H2,11,12,14)/b5-4+. The number of nitrogen functional groups attached to an aromatic ring is 1. The monoisotopic (exact) mass is 193 g/mol. The van der Waals surface area contributed by atoms with Crippen molar-refractivity contribution in [2.45, 2.75) is 26.8 Å². The van der Waals surface area contributed by atoms with E-state index in [1.54, 1.807) is 10.8 Å². The zero-order chi connectivity index (χ0) is 10.7. The fourth-order valence-corrected chi connectivity index (χ4v) is 1.17. The van der Waals surface area contributed by atoms with Crippen molar-refractivity contribution >= 4 is 11.9 Å². The lowest BCUT2D eigenvalue weighted by Gasteiger charge is -2.10. The molecule has 0 fully saturated rings. The molecule has 0 radical (unpaired) electrons. The molecule has 4 heteroatoms. The first-order chi connectivity index (χ1) is 6.56. The number of nitrogens with zero attached hydrogens (tertiary/aromatic N) is 2. The third-order valence-corrected chi connectivity index (χ3v) is 1.91. The second kappa shape index (κ2) is 4.09. The van der Waals surface area contributed by atoms with E-state index in [1.807, 2.05) is 32.9 Å². The Morgan fingerprint density at radius 1 is 1.57 bits per heavy atom. The fourth-order valence-electron chi connectivity index (χ4n) is 1.17. The second-order valence-corrected chi connectivity index (χ2v) is 3.37. The van der Waals surface area contributed by atoms with Gasteiger partial charge in [-0.3, -0.25) is 4.57 Å². The molecule has 2 N–H and O–H groups in total. The van der Waals surface area contributed by atoms with Gasteiger partial charge in [-0.1, -0.05) is 12.2 Å². The highest BCUT2D eigenvalue weighted by Gasteiger charge is 2.05. The third-order valence-electron chi connectivity index (χ3n) is 1.91. The second-order valence-electron chi connectivity index (χ2n) is 3.37. The van der Waals surface area contributed by atoms with Crippen LogP contribution in [0.4, 0.5) is 5.82 Å². The van der Waals surface area contributed by atoms with Gasteiger partial charge in [0.25, 0.3) is 0 Å². The van der Waals surface area contributed by atoms with Crippen LogP contribution in [-0.2, 0) is 0 Å². The predicted molar refractivity (Wildman–Crippen MR) is 58.0 cm³/mol. The first kappa shape index (κ1) is 10.5. The van der Waals surface area contributed by atoms with Gasteiger partial charge in [-0.05, 0) is 20.8 Å². The summed E-state index contributed by atoms with van der Waals surface area (Å²) < 4.78 is 1.56. The maximum absolute atomic E-state index is 11.4. The summed E-state index contributed by atoms with van der Waals surface area (Å²) in [6.07, 6.45) is 5.43. The van der Waals surface area contributed by atoms with E-state index < -0.39 is 0 Å². The Morgan fingerprint density at radius 2 is 2.21 bits per heavy atom. The lowest BCUT2D eigenvalue weighted by atomic mass is 10.2. The molecule has 1 heterocycles. The number of aromatic nitrogens is 2. The maximum atomic E-state index is 11.4. The van der Waals surface area contributed by atoms with Crippen LogP contribution < -0.4 is 11.4 Å². The molecule has 1 rings (SSSR count). The Morgan fingerprint density at radius 3 is 2.71 bits per heavy atom. The van der Waals surface area contributed by atoms with E-state index in [1.165, 1.54) is 0 Å². The summed E-state index contributed by atoms with van der Waals surface area (Å²) in [5.41, 5.74) is 6.08. The normalized spacial score (nSPS) is 11.4. The highest BCUT2D eigenvalue weighted by atomic mass is 16.1. The largest absolute Gasteiger partial charge is 0.383 e. The molecule has 0 amide bonds. The van der Waals surface area contributed by atoms with Gasteiger partial charge >= 0.3 is 5.69 Å². The molecule has 0 atom stereocenters. The Labute approximate surface area is 83.1 Å². The number of anilines is 1. The molecule has 0 saturated carbocycles. The third kappa shape index (κ3) is 2.02. The topological polar surface area (TPSA) is 60.9 Å². The van der Waals surface area contributed by atoms with Crippen molar-refractivity contribution in [1.29, 1.82) is 0 Å². The summed E-state index contributed by atoms with van der Waals surface area (Å²) in [7, 11) is 0. The fraction of sp³-hybridized carbons (Fsp3) is 0.400. The molecule has 1 aromatic rings. The number of hydrogen-bond donors (Lipinski definition) is 1. The average Bonchev–Trinajstić information content (AvgIpc) is 2.09. The summed E-state index contributed by atoms with van der Waals surface area (Å²) in [6.45, 7) is 5.75. The van der Waals surface area contributed by atoms with Gasteiger partial charge in [0.1, 0.15) is 5.82 Å². The van der Waals surface area contributed by atoms with Crippen molar-refractivity contribution in [1.82, 2.24) is 9.55 Å². The van der Waals surface area contributed by atoms with Crippen LogP contribution >= 0.6 is 0 Å². The first-order valence-electron chi connectivity index (χ1n) is 4.57. The lowest BCUT2D eigenvalue weighted by molar-refractivity contribution is 0.564. The smallest absolute Gasteiger partial charge is 0.349 e. The zero-order valence-electron chi connectivity index (χ0n) is 8.69. The minimum atomic E-state index is -0.300. The van der Waals surface area contributed by atoms with Gasteiger partial charge in [-0.25, -0.2) is 4.79 Å². The molecule has 0 unspecified atom stereocenters. The van der Waals surface area contributed by atoms with Crippen molar-refractivity contribution in [3.8, 4) is 0 Å². The van der Waals surface area contributed by atoms with Crippen LogP contribution in [0, 0.1) is 0 Å². The zero-order valence-corrected chi connectivity index (χ0v) is 8.69. The molecule has 1 aromatic heterocycles. The van der Waals surface area contributed by atoms with Gasteiger partial charge in [0, 0.05) is 17.8 Å². The van der Waals surface area contributed by atoms with E-state index >= 15 is 0 Å². The number of nitrogens with two attached hydrogens (primary N) is 1. The molecular weight excluding hydrogens is 178 g/mol. The van der Waals surface area contributed by atoms with E-state index in [4.69, 9.17) is 5.73 Å². The maximum Gasteiger partial charge on any atom is 0.349 e. The highest BCUT2D eigenvalue weighted by molar-refractivity contribution is 5.59. The Kier molecular flexibility index (Phi) is 3.06. The summed E-state index contributed by atoms with van der Waals surface area (Å²) in [6, 6.07) is 0.0969. The van der Waals surface area contributed by atoms with Gasteiger partial charge in [-0.2, -0.15) is 4.98 Å². The molecule has 0 aliphatic carbocycles. The lowest BCUT2D eigenvalue weighted by Crippen LogP contribution is -2.25. The van der Waals surface area contributed by atoms with Crippen LogP contribution in [0.25, 0.3) is 6.08 Å². The molecule has 76 valence electrons. The minimum Gasteiger partial charge on any atom is -0.383 e. The van der Waals surface area contributed by atoms with Gasteiger partial charge < -0.3 is 5.73 Å². The SMILES string of the molecule is C/C=C/c1cn(C(C)C)c(=O)nc1N. The molecule has 0 aliphatic rings. The van der Waals surface area contributed by atoms with E-state index in [9.17, 15) is 4.79 Å². The molecule has 0 saturated heterocycles. The van der Waals surface area contributed by atoms with Gasteiger partial charge in [0.15, 0.2) is 0 Å². The summed E-state index contributed by atoms with van der Waals surface area (Å²) in [4.78, 5) is 15.1. The Balaban J connectivity index is 3.34. The van der Waals surface area contributed by atoms with E-state index in [-0.39, 0.29) is 17.5 Å². The van der Waals surface area contributed by atoms with Gasteiger partial charge in [0.2, 0.25) is 0 Å². The predicted octanol–water partition coefficient (Wildman–Crippen LogP) is 1.44. The molecule has 0 aromatic carbocycles. The van der Waals surface area contributed by atoms with Crippen molar-refractivity contribution in [3.05, 3.63) is 28.3 Å².